The lowest BCUT2D eigenvalue weighted by Crippen LogP contribution is -2.55. The van der Waals surface area contributed by atoms with Crippen LogP contribution in [0.15, 0.2) is 60.7 Å². The van der Waals surface area contributed by atoms with Gasteiger partial charge in [0.1, 0.15) is 0 Å². The molecule has 0 unspecified atom stereocenters. The second-order valence-corrected chi connectivity index (χ2v) is 8.02. The molecule has 1 saturated heterocycles. The van der Waals surface area contributed by atoms with Crippen LogP contribution in [0, 0.1) is 5.92 Å². The fourth-order valence-corrected chi connectivity index (χ4v) is 3.69. The van der Waals surface area contributed by atoms with Crippen molar-refractivity contribution in [1.82, 2.24) is 9.62 Å². The number of amides is 1. The van der Waals surface area contributed by atoms with Crippen LogP contribution >= 0.6 is 0 Å². The monoisotopic (exact) mass is 344 g/mol. The molecule has 0 atom stereocenters. The van der Waals surface area contributed by atoms with E-state index in [4.69, 9.17) is 0 Å². The zero-order valence-electron chi connectivity index (χ0n) is 13.4. The van der Waals surface area contributed by atoms with Crippen LogP contribution in [0.5, 0.6) is 0 Å². The molecule has 1 aliphatic rings. The first-order chi connectivity index (χ1) is 11.4. The van der Waals surface area contributed by atoms with Gasteiger partial charge in [0.05, 0.1) is 18.2 Å². The van der Waals surface area contributed by atoms with Gasteiger partial charge in [-0.15, -0.1) is 0 Å². The summed E-state index contributed by atoms with van der Waals surface area (Å²) < 4.78 is 24.2. The molecule has 0 radical (unpaired) electrons. The number of carbonyl (C=O) groups is 1. The zero-order chi connectivity index (χ0) is 17.2. The first-order valence-electron chi connectivity index (χ1n) is 7.80. The third kappa shape index (κ3) is 3.66. The van der Waals surface area contributed by atoms with E-state index in [1.807, 2.05) is 60.7 Å². The number of benzene rings is 2. The molecule has 0 aromatic heterocycles. The predicted molar refractivity (Wildman–Crippen MR) is 92.8 cm³/mol. The lowest BCUT2D eigenvalue weighted by molar-refractivity contribution is -0.128. The van der Waals surface area contributed by atoms with Gasteiger partial charge in [0.15, 0.2) is 0 Å². The SMILES string of the molecule is CS(=O)(=O)N1CC(C(=O)NC(c2ccccc2)c2ccccc2)C1. The van der Waals surface area contributed by atoms with Gasteiger partial charge in [-0.3, -0.25) is 4.79 Å². The maximum Gasteiger partial charge on any atom is 0.226 e. The van der Waals surface area contributed by atoms with Crippen LogP contribution < -0.4 is 5.32 Å². The highest BCUT2D eigenvalue weighted by molar-refractivity contribution is 7.88. The minimum absolute atomic E-state index is 0.118. The molecule has 3 rings (SSSR count). The molecule has 2 aromatic carbocycles. The number of hydrogen-bond donors (Lipinski definition) is 1. The van der Waals surface area contributed by atoms with Crippen molar-refractivity contribution in [1.29, 1.82) is 0 Å². The van der Waals surface area contributed by atoms with Crippen LogP contribution in [0.2, 0.25) is 0 Å². The Balaban J connectivity index is 1.75. The Morgan fingerprint density at radius 3 is 1.88 bits per heavy atom. The van der Waals surface area contributed by atoms with Crippen LogP contribution in [0.3, 0.4) is 0 Å². The summed E-state index contributed by atoms with van der Waals surface area (Å²) in [6.07, 6.45) is 1.16. The highest BCUT2D eigenvalue weighted by atomic mass is 32.2. The average molecular weight is 344 g/mol. The van der Waals surface area contributed by atoms with Crippen molar-refractivity contribution < 1.29 is 13.2 Å². The van der Waals surface area contributed by atoms with Crippen molar-refractivity contribution in [3.05, 3.63) is 71.8 Å². The van der Waals surface area contributed by atoms with E-state index < -0.39 is 10.0 Å². The third-order valence-corrected chi connectivity index (χ3v) is 5.48. The van der Waals surface area contributed by atoms with Crippen molar-refractivity contribution in [3.8, 4) is 0 Å². The van der Waals surface area contributed by atoms with Gasteiger partial charge in [-0.05, 0) is 11.1 Å². The Morgan fingerprint density at radius 1 is 1.00 bits per heavy atom. The topological polar surface area (TPSA) is 66.5 Å². The summed E-state index contributed by atoms with van der Waals surface area (Å²) in [5.74, 6) is -0.415. The Kier molecular flexibility index (Phi) is 4.69. The lowest BCUT2D eigenvalue weighted by atomic mass is 9.96. The van der Waals surface area contributed by atoms with E-state index in [9.17, 15) is 13.2 Å². The fourth-order valence-electron chi connectivity index (χ4n) is 2.78. The van der Waals surface area contributed by atoms with Crippen molar-refractivity contribution in [2.45, 2.75) is 6.04 Å². The van der Waals surface area contributed by atoms with Crippen LogP contribution in [0.25, 0.3) is 0 Å². The molecule has 1 heterocycles. The Morgan fingerprint density at radius 2 is 1.46 bits per heavy atom. The summed E-state index contributed by atoms with van der Waals surface area (Å²) in [5.41, 5.74) is 1.99. The second kappa shape index (κ2) is 6.75. The third-order valence-electron chi connectivity index (χ3n) is 4.24. The van der Waals surface area contributed by atoms with E-state index in [-0.39, 0.29) is 31.0 Å². The molecular weight excluding hydrogens is 324 g/mol. The number of sulfonamides is 1. The van der Waals surface area contributed by atoms with Gasteiger partial charge in [-0.1, -0.05) is 60.7 Å². The van der Waals surface area contributed by atoms with E-state index >= 15 is 0 Å². The molecule has 0 spiro atoms. The van der Waals surface area contributed by atoms with Crippen LogP contribution in [-0.4, -0.2) is 38.0 Å². The molecule has 5 nitrogen and oxygen atoms in total. The predicted octanol–water partition coefficient (Wildman–Crippen LogP) is 1.78. The minimum Gasteiger partial charge on any atom is -0.345 e. The minimum atomic E-state index is -3.21. The maximum atomic E-state index is 12.5. The molecule has 126 valence electrons. The van der Waals surface area contributed by atoms with Crippen molar-refractivity contribution in [2.24, 2.45) is 5.92 Å². The van der Waals surface area contributed by atoms with Gasteiger partial charge < -0.3 is 5.32 Å². The molecule has 1 fully saturated rings. The molecule has 0 saturated carbocycles. The molecule has 0 bridgehead atoms. The summed E-state index contributed by atoms with van der Waals surface area (Å²) in [5, 5.41) is 3.06. The second-order valence-electron chi connectivity index (χ2n) is 6.04. The van der Waals surface area contributed by atoms with Crippen molar-refractivity contribution in [2.75, 3.05) is 19.3 Å². The van der Waals surface area contributed by atoms with Crippen LogP contribution in [0.4, 0.5) is 0 Å². The molecule has 0 aliphatic carbocycles. The van der Waals surface area contributed by atoms with E-state index in [1.165, 1.54) is 4.31 Å². The highest BCUT2D eigenvalue weighted by Gasteiger charge is 2.38. The van der Waals surface area contributed by atoms with Crippen LogP contribution in [0.1, 0.15) is 17.2 Å². The number of nitrogens with zero attached hydrogens (tertiary/aromatic N) is 1. The molecule has 1 amide bonds. The van der Waals surface area contributed by atoms with E-state index in [2.05, 4.69) is 5.32 Å². The molecular formula is C18H20N2O3S. The number of rotatable bonds is 5. The Bertz CT molecular complexity index is 761. The van der Waals surface area contributed by atoms with Crippen LogP contribution in [-0.2, 0) is 14.8 Å². The van der Waals surface area contributed by atoms with Crippen molar-refractivity contribution in [3.63, 3.8) is 0 Å². The number of carbonyl (C=O) groups excluding carboxylic acids is 1. The molecule has 2 aromatic rings. The standard InChI is InChI=1S/C18H20N2O3S/c1-24(22,23)20-12-16(13-20)18(21)19-17(14-8-4-2-5-9-14)15-10-6-3-7-11-15/h2-11,16-17H,12-13H2,1H3,(H,19,21). The van der Waals surface area contributed by atoms with Gasteiger partial charge in [-0.2, -0.15) is 0 Å². The van der Waals surface area contributed by atoms with E-state index in [0.29, 0.717) is 0 Å². The summed E-state index contributed by atoms with van der Waals surface area (Å²) in [4.78, 5) is 12.5. The highest BCUT2D eigenvalue weighted by Crippen LogP contribution is 2.24. The van der Waals surface area contributed by atoms with E-state index in [0.717, 1.165) is 17.4 Å². The van der Waals surface area contributed by atoms with Crippen molar-refractivity contribution >= 4 is 15.9 Å². The summed E-state index contributed by atoms with van der Waals surface area (Å²) in [6.45, 7) is 0.502. The van der Waals surface area contributed by atoms with Gasteiger partial charge in [0.2, 0.25) is 15.9 Å². The Labute approximate surface area is 142 Å². The first-order valence-corrected chi connectivity index (χ1v) is 9.65. The largest absolute Gasteiger partial charge is 0.345 e. The lowest BCUT2D eigenvalue weighted by Gasteiger charge is -2.37. The maximum absolute atomic E-state index is 12.5. The Hall–Kier alpha value is -2.18. The average Bonchev–Trinajstić information content (AvgIpc) is 2.51. The van der Waals surface area contributed by atoms with Gasteiger partial charge in [-0.25, -0.2) is 12.7 Å². The molecule has 6 heteroatoms. The van der Waals surface area contributed by atoms with Gasteiger partial charge in [0, 0.05) is 13.1 Å². The normalized spacial score (nSPS) is 15.9. The first kappa shape index (κ1) is 16.7. The summed E-state index contributed by atoms with van der Waals surface area (Å²) in [6, 6.07) is 19.3. The quantitative estimate of drug-likeness (QED) is 0.899. The van der Waals surface area contributed by atoms with Gasteiger partial charge >= 0.3 is 0 Å². The molecule has 1 aliphatic heterocycles. The number of hydrogen-bond acceptors (Lipinski definition) is 3. The van der Waals surface area contributed by atoms with Gasteiger partial charge in [0.25, 0.3) is 0 Å². The fraction of sp³-hybridized carbons (Fsp3) is 0.278. The summed E-state index contributed by atoms with van der Waals surface area (Å²) in [7, 11) is -3.21. The number of nitrogens with one attached hydrogen (secondary N) is 1. The molecule has 24 heavy (non-hydrogen) atoms. The van der Waals surface area contributed by atoms with E-state index in [1.54, 1.807) is 0 Å². The smallest absolute Gasteiger partial charge is 0.226 e. The molecule has 1 N–H and O–H groups in total. The summed E-state index contributed by atoms with van der Waals surface area (Å²) >= 11 is 0. The zero-order valence-corrected chi connectivity index (χ0v) is 14.2.